The van der Waals surface area contributed by atoms with E-state index in [4.69, 9.17) is 16.4 Å². The van der Waals surface area contributed by atoms with Crippen molar-refractivity contribution >= 4 is 33.1 Å². The van der Waals surface area contributed by atoms with Crippen LogP contribution in [0.3, 0.4) is 0 Å². The van der Waals surface area contributed by atoms with Gasteiger partial charge in [-0.3, -0.25) is 14.6 Å². The number of hydrogen-bond acceptors (Lipinski definition) is 4. The normalized spacial score (nSPS) is 16.4. The zero-order valence-electron chi connectivity index (χ0n) is 17.5. The Morgan fingerprint density at radius 3 is 2.56 bits per heavy atom. The molecular formula is C25H23BrClN3O2. The lowest BCUT2D eigenvalue weighted by molar-refractivity contribution is -0.173. The number of H-pyrrole nitrogens is 1. The minimum absolute atomic E-state index is 0.0996. The average Bonchev–Trinajstić information content (AvgIpc) is 2.96. The number of piperidine rings is 1. The number of hydroxylamine groups is 2. The van der Waals surface area contributed by atoms with Crippen molar-refractivity contribution in [1.82, 2.24) is 15.0 Å². The number of nitrogens with one attached hydrogen (secondary N) is 1. The molecule has 0 atom stereocenters. The molecule has 1 N–H and O–H groups in total. The summed E-state index contributed by atoms with van der Waals surface area (Å²) in [6.07, 6.45) is 7.07. The van der Waals surface area contributed by atoms with Crippen LogP contribution in [0.4, 0.5) is 0 Å². The second kappa shape index (κ2) is 9.32. The standard InChI is InChI=1S/C25H23BrClN3O2/c26-22-14-19-2-1-18-13-20(27)3-4-21(18)23(24(19)29-25(22)31)17-7-11-30(12-8-17)32-15-16-5-9-28-10-6-16/h3-6,9-10,13-14H,1-2,7-8,11-12,15H2,(H,29,31). The zero-order valence-corrected chi connectivity index (χ0v) is 19.9. The van der Waals surface area contributed by atoms with E-state index in [1.54, 1.807) is 12.4 Å². The van der Waals surface area contributed by atoms with E-state index in [2.05, 4.69) is 38.0 Å². The molecule has 0 radical (unpaired) electrons. The van der Waals surface area contributed by atoms with Gasteiger partial charge in [-0.05, 0) is 94.2 Å². The molecule has 0 saturated carbocycles. The van der Waals surface area contributed by atoms with E-state index < -0.39 is 0 Å². The maximum atomic E-state index is 12.5. The van der Waals surface area contributed by atoms with E-state index >= 15 is 0 Å². The first kappa shape index (κ1) is 21.6. The number of pyridine rings is 2. The van der Waals surface area contributed by atoms with Crippen molar-refractivity contribution < 1.29 is 4.84 Å². The third kappa shape index (κ3) is 4.46. The van der Waals surface area contributed by atoms with Crippen molar-refractivity contribution in [2.24, 2.45) is 0 Å². The van der Waals surface area contributed by atoms with Gasteiger partial charge in [-0.1, -0.05) is 23.2 Å². The van der Waals surface area contributed by atoms with Crippen molar-refractivity contribution in [3.05, 3.63) is 102 Å². The molecular weight excluding hydrogens is 490 g/mol. The van der Waals surface area contributed by atoms with Gasteiger partial charge in [0.25, 0.3) is 5.56 Å². The molecule has 5 rings (SSSR count). The number of rotatable bonds is 3. The SMILES string of the molecule is O=c1[nH]c2c(cc1Br)CCc1cc(Cl)ccc1C2=C1CCN(OCc2ccncc2)CC1. The Morgan fingerprint density at radius 2 is 1.78 bits per heavy atom. The van der Waals surface area contributed by atoms with Crippen LogP contribution in [-0.2, 0) is 24.3 Å². The summed E-state index contributed by atoms with van der Waals surface area (Å²) in [5.74, 6) is 0. The summed E-state index contributed by atoms with van der Waals surface area (Å²) in [4.78, 5) is 25.7. The summed E-state index contributed by atoms with van der Waals surface area (Å²) in [7, 11) is 0. The predicted octanol–water partition coefficient (Wildman–Crippen LogP) is 5.31. The van der Waals surface area contributed by atoms with Crippen LogP contribution in [0, 0.1) is 0 Å². The first-order valence-corrected chi connectivity index (χ1v) is 12.0. The Bertz CT molecular complexity index is 1230. The van der Waals surface area contributed by atoms with Gasteiger partial charge in [0.1, 0.15) is 0 Å². The molecule has 32 heavy (non-hydrogen) atoms. The monoisotopic (exact) mass is 511 g/mol. The first-order valence-electron chi connectivity index (χ1n) is 10.8. The van der Waals surface area contributed by atoms with E-state index in [9.17, 15) is 4.79 Å². The highest BCUT2D eigenvalue weighted by Crippen LogP contribution is 2.38. The number of benzene rings is 1. The molecule has 1 aromatic carbocycles. The predicted molar refractivity (Wildman–Crippen MR) is 129 cm³/mol. The van der Waals surface area contributed by atoms with Crippen molar-refractivity contribution in [1.29, 1.82) is 0 Å². The number of aromatic nitrogens is 2. The van der Waals surface area contributed by atoms with Crippen molar-refractivity contribution in [3.8, 4) is 0 Å². The van der Waals surface area contributed by atoms with E-state index in [1.807, 2.05) is 29.3 Å². The molecule has 1 aliphatic carbocycles. The fourth-order valence-electron chi connectivity index (χ4n) is 4.53. The number of aromatic amines is 1. The molecule has 5 nitrogen and oxygen atoms in total. The molecule has 0 amide bonds. The number of hydrogen-bond donors (Lipinski definition) is 1. The molecule has 1 saturated heterocycles. The van der Waals surface area contributed by atoms with Crippen LogP contribution in [0.5, 0.6) is 0 Å². The lowest BCUT2D eigenvalue weighted by Crippen LogP contribution is -2.31. The Balaban J connectivity index is 1.47. The number of halogens is 2. The molecule has 0 bridgehead atoms. The van der Waals surface area contributed by atoms with Crippen molar-refractivity contribution in [3.63, 3.8) is 0 Å². The maximum absolute atomic E-state index is 12.5. The molecule has 7 heteroatoms. The van der Waals surface area contributed by atoms with Gasteiger partial charge in [0.2, 0.25) is 0 Å². The topological polar surface area (TPSA) is 58.2 Å². The van der Waals surface area contributed by atoms with Gasteiger partial charge in [-0.25, -0.2) is 0 Å². The van der Waals surface area contributed by atoms with Crippen LogP contribution in [0.15, 0.2) is 63.6 Å². The van der Waals surface area contributed by atoms with Crippen molar-refractivity contribution in [2.45, 2.75) is 32.3 Å². The summed E-state index contributed by atoms with van der Waals surface area (Å²) in [5, 5.41) is 2.78. The number of aryl methyl sites for hydroxylation is 2. The fraction of sp³-hybridized carbons (Fsp3) is 0.280. The van der Waals surface area contributed by atoms with E-state index in [-0.39, 0.29) is 5.56 Å². The van der Waals surface area contributed by atoms with Crippen LogP contribution < -0.4 is 5.56 Å². The van der Waals surface area contributed by atoms with E-state index in [0.717, 1.165) is 66.2 Å². The summed E-state index contributed by atoms with van der Waals surface area (Å²) in [5.41, 5.74) is 8.01. The third-order valence-corrected chi connectivity index (χ3v) is 6.99. The highest BCUT2D eigenvalue weighted by Gasteiger charge is 2.26. The van der Waals surface area contributed by atoms with Crippen LogP contribution >= 0.6 is 27.5 Å². The molecule has 2 aromatic heterocycles. The molecule has 3 heterocycles. The number of fused-ring (bicyclic) bond motifs is 2. The van der Waals surface area contributed by atoms with Gasteiger partial charge in [-0.15, -0.1) is 0 Å². The summed E-state index contributed by atoms with van der Waals surface area (Å²) >= 11 is 9.72. The fourth-order valence-corrected chi connectivity index (χ4v) is 5.10. The quantitative estimate of drug-likeness (QED) is 0.516. The van der Waals surface area contributed by atoms with Crippen LogP contribution in [0.2, 0.25) is 5.02 Å². The van der Waals surface area contributed by atoms with Crippen LogP contribution in [0.1, 0.15) is 40.8 Å². The maximum Gasteiger partial charge on any atom is 0.262 e. The Morgan fingerprint density at radius 1 is 1.03 bits per heavy atom. The summed E-state index contributed by atoms with van der Waals surface area (Å²) in [6, 6.07) is 12.0. The van der Waals surface area contributed by atoms with E-state index in [1.165, 1.54) is 16.7 Å². The Kier molecular flexibility index (Phi) is 6.28. The largest absolute Gasteiger partial charge is 0.321 e. The minimum atomic E-state index is -0.0996. The Labute approximate surface area is 200 Å². The lowest BCUT2D eigenvalue weighted by atomic mass is 9.89. The molecule has 164 valence electrons. The highest BCUT2D eigenvalue weighted by atomic mass is 79.9. The molecule has 1 aliphatic heterocycles. The first-order chi connectivity index (χ1) is 15.6. The third-order valence-electron chi connectivity index (χ3n) is 6.17. The lowest BCUT2D eigenvalue weighted by Gasteiger charge is -2.29. The van der Waals surface area contributed by atoms with Crippen molar-refractivity contribution in [2.75, 3.05) is 13.1 Å². The van der Waals surface area contributed by atoms with Gasteiger partial charge in [0.15, 0.2) is 0 Å². The second-order valence-electron chi connectivity index (χ2n) is 8.18. The van der Waals surface area contributed by atoms with Crippen LogP contribution in [0.25, 0.3) is 5.57 Å². The molecule has 0 unspecified atom stereocenters. The highest BCUT2D eigenvalue weighted by molar-refractivity contribution is 9.10. The molecule has 2 aliphatic rings. The zero-order chi connectivity index (χ0) is 22.1. The summed E-state index contributed by atoms with van der Waals surface area (Å²) < 4.78 is 0.573. The smallest absolute Gasteiger partial charge is 0.262 e. The van der Waals surface area contributed by atoms with E-state index in [0.29, 0.717) is 11.1 Å². The van der Waals surface area contributed by atoms with Gasteiger partial charge < -0.3 is 4.98 Å². The minimum Gasteiger partial charge on any atom is -0.321 e. The number of nitrogens with zero attached hydrogens (tertiary/aromatic N) is 2. The molecule has 0 spiro atoms. The molecule has 1 fully saturated rings. The second-order valence-corrected chi connectivity index (χ2v) is 9.48. The van der Waals surface area contributed by atoms with Gasteiger partial charge >= 0.3 is 0 Å². The average molecular weight is 513 g/mol. The van der Waals surface area contributed by atoms with Gasteiger partial charge in [0.05, 0.1) is 16.8 Å². The Hall–Kier alpha value is -2.25. The van der Waals surface area contributed by atoms with Crippen LogP contribution in [-0.4, -0.2) is 28.1 Å². The van der Waals surface area contributed by atoms with Gasteiger partial charge in [-0.2, -0.15) is 5.06 Å². The van der Waals surface area contributed by atoms with Gasteiger partial charge in [0, 0.05) is 36.1 Å². The molecule has 3 aromatic rings. The summed E-state index contributed by atoms with van der Waals surface area (Å²) in [6.45, 7) is 2.16.